The van der Waals surface area contributed by atoms with E-state index in [0.717, 1.165) is 26.4 Å². The van der Waals surface area contributed by atoms with E-state index in [1.165, 1.54) is 16.1 Å². The summed E-state index contributed by atoms with van der Waals surface area (Å²) >= 11 is 1.48. The third-order valence-corrected chi connectivity index (χ3v) is 6.50. The average Bonchev–Trinajstić information content (AvgIpc) is 3.33. The highest BCUT2D eigenvalue weighted by Crippen LogP contribution is 2.29. The van der Waals surface area contributed by atoms with E-state index in [9.17, 15) is 21.6 Å². The number of thiazole rings is 1. The van der Waals surface area contributed by atoms with Gasteiger partial charge in [0.25, 0.3) is 0 Å². The second-order valence-corrected chi connectivity index (χ2v) is 9.39. The van der Waals surface area contributed by atoms with Crippen LogP contribution in [-0.2, 0) is 22.9 Å². The van der Waals surface area contributed by atoms with Gasteiger partial charge < -0.3 is 4.42 Å². The van der Waals surface area contributed by atoms with Crippen molar-refractivity contribution < 1.29 is 26.0 Å². The molecule has 0 aliphatic carbocycles. The number of sulfonamides is 1. The van der Waals surface area contributed by atoms with Crippen molar-refractivity contribution in [1.82, 2.24) is 19.9 Å². The van der Waals surface area contributed by atoms with Crippen molar-refractivity contribution in [1.29, 1.82) is 0 Å². The van der Waals surface area contributed by atoms with Crippen LogP contribution in [0.15, 0.2) is 52.9 Å². The van der Waals surface area contributed by atoms with Gasteiger partial charge in [-0.2, -0.15) is 13.2 Å². The van der Waals surface area contributed by atoms with Gasteiger partial charge in [-0.1, -0.05) is 36.4 Å². The maximum absolute atomic E-state index is 12.3. The highest BCUT2D eigenvalue weighted by Gasteiger charge is 2.45. The Morgan fingerprint density at radius 1 is 1.00 bits per heavy atom. The van der Waals surface area contributed by atoms with Crippen LogP contribution in [0.1, 0.15) is 16.8 Å². The molecule has 31 heavy (non-hydrogen) atoms. The third kappa shape index (κ3) is 4.92. The molecule has 0 unspecified atom stereocenters. The number of fused-ring (bicyclic) bond motifs is 1. The van der Waals surface area contributed by atoms with Crippen LogP contribution in [0.5, 0.6) is 0 Å². The minimum atomic E-state index is -5.40. The Balaban J connectivity index is 1.41. The largest absolute Gasteiger partial charge is 0.511 e. The van der Waals surface area contributed by atoms with Crippen LogP contribution in [-0.4, -0.2) is 35.7 Å². The summed E-state index contributed by atoms with van der Waals surface area (Å²) < 4.78 is 66.7. The van der Waals surface area contributed by atoms with E-state index in [0.29, 0.717) is 0 Å². The average molecular weight is 468 g/mol. The van der Waals surface area contributed by atoms with Crippen LogP contribution in [0, 0.1) is 0 Å². The first kappa shape index (κ1) is 21.4. The van der Waals surface area contributed by atoms with Crippen LogP contribution in [0.2, 0.25) is 0 Å². The lowest BCUT2D eigenvalue weighted by Crippen LogP contribution is -2.37. The first-order valence-corrected chi connectivity index (χ1v) is 11.3. The molecular weight excluding hydrogens is 453 g/mol. The fraction of sp³-hybridized carbons (Fsp3) is 0.211. The molecule has 1 N–H and O–H groups in total. The maximum Gasteiger partial charge on any atom is 0.511 e. The van der Waals surface area contributed by atoms with E-state index in [1.807, 2.05) is 42.5 Å². The highest BCUT2D eigenvalue weighted by atomic mass is 32.2. The minimum absolute atomic E-state index is 0.0346. The number of hydrogen-bond acceptors (Lipinski definition) is 7. The summed E-state index contributed by atoms with van der Waals surface area (Å²) in [6, 6.07) is 15.9. The van der Waals surface area contributed by atoms with Gasteiger partial charge >= 0.3 is 15.5 Å². The highest BCUT2D eigenvalue weighted by molar-refractivity contribution is 7.90. The number of rotatable bonds is 7. The van der Waals surface area contributed by atoms with Crippen molar-refractivity contribution in [2.45, 2.75) is 18.3 Å². The number of halogens is 3. The van der Waals surface area contributed by atoms with Crippen molar-refractivity contribution in [3.8, 4) is 11.1 Å². The Labute approximate surface area is 179 Å². The van der Waals surface area contributed by atoms with E-state index < -0.39 is 22.1 Å². The molecule has 0 saturated heterocycles. The smallest absolute Gasteiger partial charge is 0.425 e. The zero-order valence-electron chi connectivity index (χ0n) is 15.8. The summed E-state index contributed by atoms with van der Waals surface area (Å²) in [6.45, 7) is -0.507. The molecule has 2 heterocycles. The van der Waals surface area contributed by atoms with Crippen molar-refractivity contribution in [2.24, 2.45) is 0 Å². The van der Waals surface area contributed by atoms with Crippen molar-refractivity contribution in [3.63, 3.8) is 0 Å². The molecule has 0 radical (unpaired) electrons. The lowest BCUT2D eigenvalue weighted by molar-refractivity contribution is -0.0447. The summed E-state index contributed by atoms with van der Waals surface area (Å²) in [7, 11) is -5.40. The first-order valence-electron chi connectivity index (χ1n) is 9.03. The molecule has 0 atom stereocenters. The molecule has 0 spiro atoms. The fourth-order valence-corrected chi connectivity index (χ4v) is 4.35. The molecule has 0 aliphatic heterocycles. The molecule has 0 fully saturated rings. The number of aromatic nitrogens is 3. The Bertz CT molecular complexity index is 1300. The fourth-order valence-electron chi connectivity index (χ4n) is 2.82. The molecule has 2 aromatic carbocycles. The topological polar surface area (TPSA) is 98.0 Å². The van der Waals surface area contributed by atoms with Gasteiger partial charge in [0.1, 0.15) is 5.01 Å². The van der Waals surface area contributed by atoms with Gasteiger partial charge in [-0.25, -0.2) is 18.1 Å². The second-order valence-electron chi connectivity index (χ2n) is 6.52. The SMILES string of the molecule is O=S(=O)(NCCc1nnc(Cc2nc3ccc(-c4ccccc4)cc3s2)o1)C(F)(F)F. The molecular formula is C19H15F3N4O3S2. The lowest BCUT2D eigenvalue weighted by Gasteiger charge is -2.07. The minimum Gasteiger partial charge on any atom is -0.425 e. The quantitative estimate of drug-likeness (QED) is 0.442. The Morgan fingerprint density at radius 3 is 2.48 bits per heavy atom. The molecule has 12 heteroatoms. The van der Waals surface area contributed by atoms with E-state index in [4.69, 9.17) is 4.42 Å². The number of hydrogen-bond donors (Lipinski definition) is 1. The molecule has 7 nitrogen and oxygen atoms in total. The summed E-state index contributed by atoms with van der Waals surface area (Å²) in [5.74, 6) is 0.281. The predicted molar refractivity (Wildman–Crippen MR) is 109 cm³/mol. The van der Waals surface area contributed by atoms with Gasteiger partial charge in [0.2, 0.25) is 11.8 Å². The molecule has 0 amide bonds. The molecule has 4 rings (SSSR count). The van der Waals surface area contributed by atoms with Crippen molar-refractivity contribution >= 4 is 31.6 Å². The molecule has 0 bridgehead atoms. The number of nitrogens with zero attached hydrogens (tertiary/aromatic N) is 3. The van der Waals surface area contributed by atoms with Gasteiger partial charge in [-0.15, -0.1) is 21.5 Å². The number of benzene rings is 2. The number of nitrogens with one attached hydrogen (secondary N) is 1. The van der Waals surface area contributed by atoms with Crippen LogP contribution in [0.3, 0.4) is 0 Å². The Morgan fingerprint density at radius 2 is 1.74 bits per heavy atom. The Hall–Kier alpha value is -2.83. The van der Waals surface area contributed by atoms with Crippen molar-refractivity contribution in [3.05, 3.63) is 65.3 Å². The van der Waals surface area contributed by atoms with E-state index in [1.54, 1.807) is 0 Å². The molecule has 4 aromatic rings. The van der Waals surface area contributed by atoms with Gasteiger partial charge in [-0.05, 0) is 23.3 Å². The second kappa shape index (κ2) is 8.36. The molecule has 0 saturated carbocycles. The maximum atomic E-state index is 12.3. The van der Waals surface area contributed by atoms with Gasteiger partial charge in [0, 0.05) is 13.0 Å². The standard InChI is InChI=1S/C19H15F3N4O3S2/c20-19(21,22)31(27,28)23-9-8-16-25-26-17(29-16)11-18-24-14-7-6-13(10-15(14)30-18)12-4-2-1-3-5-12/h1-7,10,23H,8-9,11H2. The van der Waals surface area contributed by atoms with Gasteiger partial charge in [0.15, 0.2) is 0 Å². The van der Waals surface area contributed by atoms with Crippen LogP contribution in [0.4, 0.5) is 13.2 Å². The van der Waals surface area contributed by atoms with E-state index in [2.05, 4.69) is 21.2 Å². The molecule has 162 valence electrons. The van der Waals surface area contributed by atoms with Crippen LogP contribution >= 0.6 is 11.3 Å². The monoisotopic (exact) mass is 468 g/mol. The third-order valence-electron chi connectivity index (χ3n) is 4.29. The summed E-state index contributed by atoms with van der Waals surface area (Å²) in [5, 5.41) is 8.35. The molecule has 0 aliphatic rings. The van der Waals surface area contributed by atoms with Gasteiger partial charge in [0.05, 0.1) is 16.6 Å². The van der Waals surface area contributed by atoms with Crippen LogP contribution in [0.25, 0.3) is 21.3 Å². The summed E-state index contributed by atoms with van der Waals surface area (Å²) in [6.07, 6.45) is 0.101. The summed E-state index contributed by atoms with van der Waals surface area (Å²) in [4.78, 5) is 4.55. The Kier molecular flexibility index (Phi) is 5.77. The van der Waals surface area contributed by atoms with Gasteiger partial charge in [-0.3, -0.25) is 0 Å². The molecule has 2 aromatic heterocycles. The zero-order valence-corrected chi connectivity index (χ0v) is 17.4. The normalized spacial score (nSPS) is 12.5. The number of alkyl halides is 3. The lowest BCUT2D eigenvalue weighted by atomic mass is 10.1. The first-order chi connectivity index (χ1) is 14.7. The van der Waals surface area contributed by atoms with Crippen molar-refractivity contribution in [2.75, 3.05) is 6.54 Å². The van der Waals surface area contributed by atoms with Crippen LogP contribution < -0.4 is 4.72 Å². The summed E-state index contributed by atoms with van der Waals surface area (Å²) in [5.41, 5.74) is -2.35. The zero-order chi connectivity index (χ0) is 22.1. The van der Waals surface area contributed by atoms with E-state index >= 15 is 0 Å². The predicted octanol–water partition coefficient (Wildman–Crippen LogP) is 3.92. The van der Waals surface area contributed by atoms with E-state index in [-0.39, 0.29) is 24.6 Å².